The molecule has 2 amide bonds. The number of hydrogen-bond donors (Lipinski definition) is 0. The van der Waals surface area contributed by atoms with E-state index in [-0.39, 0.29) is 5.69 Å². The van der Waals surface area contributed by atoms with Gasteiger partial charge in [0.05, 0.1) is 22.4 Å². The fourth-order valence-electron chi connectivity index (χ4n) is 3.64. The van der Waals surface area contributed by atoms with Crippen molar-refractivity contribution in [2.24, 2.45) is 0 Å². The number of nitrogens with zero attached hydrogens (tertiary/aromatic N) is 3. The van der Waals surface area contributed by atoms with Gasteiger partial charge in [-0.3, -0.25) is 25.0 Å². The Kier molecular flexibility index (Phi) is 5.74. The van der Waals surface area contributed by atoms with Crippen molar-refractivity contribution in [1.29, 1.82) is 0 Å². The minimum absolute atomic E-state index is 0.169. The summed E-state index contributed by atoms with van der Waals surface area (Å²) in [6.45, 7) is 4.41. The maximum absolute atomic E-state index is 13.4. The van der Waals surface area contributed by atoms with Gasteiger partial charge in [0.15, 0.2) is 0 Å². The molecule has 0 bridgehead atoms. The van der Waals surface area contributed by atoms with Crippen LogP contribution in [0.2, 0.25) is 0 Å². The van der Waals surface area contributed by atoms with E-state index in [4.69, 9.17) is 4.74 Å². The number of non-ortho nitro benzene ring substituents is 1. The summed E-state index contributed by atoms with van der Waals surface area (Å²) in [7, 11) is 0. The summed E-state index contributed by atoms with van der Waals surface area (Å²) in [5, 5.41) is 22.4. The lowest BCUT2D eigenvalue weighted by Gasteiger charge is -2.24. The number of benzene rings is 2. The molecule has 0 unspecified atom stereocenters. The first-order valence-electron chi connectivity index (χ1n) is 9.51. The zero-order chi connectivity index (χ0) is 22.9. The summed E-state index contributed by atoms with van der Waals surface area (Å²) in [4.78, 5) is 48.3. The molecular weight excluding hydrogens is 406 g/mol. The molecule has 10 nitrogen and oxygen atoms in total. The number of imide groups is 1. The highest BCUT2D eigenvalue weighted by molar-refractivity contribution is 6.19. The first-order chi connectivity index (χ1) is 14.5. The Morgan fingerprint density at radius 2 is 1.71 bits per heavy atom. The Morgan fingerprint density at radius 3 is 2.26 bits per heavy atom. The number of para-hydroxylation sites is 1. The zero-order valence-electron chi connectivity index (χ0n) is 17.2. The molecule has 162 valence electrons. The molecule has 3 rings (SSSR count). The van der Waals surface area contributed by atoms with Gasteiger partial charge in [0, 0.05) is 17.1 Å². The highest BCUT2D eigenvalue weighted by Gasteiger charge is 2.47. The van der Waals surface area contributed by atoms with Crippen LogP contribution in [0.1, 0.15) is 43.7 Å². The van der Waals surface area contributed by atoms with Crippen LogP contribution in [0.4, 0.5) is 16.2 Å². The Labute approximate surface area is 177 Å². The smallest absolute Gasteiger partial charge is 0.421 e. The molecular formula is C21H21N3O7. The molecule has 31 heavy (non-hydrogen) atoms. The van der Waals surface area contributed by atoms with Gasteiger partial charge in [-0.05, 0) is 38.0 Å². The van der Waals surface area contributed by atoms with E-state index in [1.165, 1.54) is 24.3 Å². The van der Waals surface area contributed by atoms with Crippen LogP contribution < -0.4 is 4.90 Å². The van der Waals surface area contributed by atoms with Crippen LogP contribution in [0.5, 0.6) is 0 Å². The summed E-state index contributed by atoms with van der Waals surface area (Å²) in [6, 6.07) is 11.8. The van der Waals surface area contributed by atoms with Crippen molar-refractivity contribution in [3.63, 3.8) is 0 Å². The molecule has 2 aromatic rings. The summed E-state index contributed by atoms with van der Waals surface area (Å²) < 4.78 is 5.36. The van der Waals surface area contributed by atoms with Gasteiger partial charge >= 0.3 is 6.09 Å². The second kappa shape index (κ2) is 8.13. The second-order valence-electron chi connectivity index (χ2n) is 8.16. The molecule has 0 spiro atoms. The normalized spacial score (nSPS) is 16.5. The molecule has 0 saturated heterocycles. The third kappa shape index (κ3) is 4.52. The number of ether oxygens (including phenoxy) is 1. The lowest BCUT2D eigenvalue weighted by molar-refractivity contribution is -0.483. The number of carbonyl (C=O) groups is 2. The third-order valence-electron chi connectivity index (χ3n) is 4.86. The van der Waals surface area contributed by atoms with Gasteiger partial charge in [0.1, 0.15) is 5.60 Å². The monoisotopic (exact) mass is 427 g/mol. The molecule has 1 aliphatic heterocycles. The second-order valence-corrected chi connectivity index (χ2v) is 8.16. The van der Waals surface area contributed by atoms with Gasteiger partial charge in [-0.1, -0.05) is 30.3 Å². The largest absolute Gasteiger partial charge is 0.443 e. The first-order valence-corrected chi connectivity index (χ1v) is 9.51. The third-order valence-corrected chi connectivity index (χ3v) is 4.86. The van der Waals surface area contributed by atoms with E-state index in [0.717, 1.165) is 4.90 Å². The number of amides is 2. The predicted molar refractivity (Wildman–Crippen MR) is 111 cm³/mol. The summed E-state index contributed by atoms with van der Waals surface area (Å²) in [5.41, 5.74) is 0.146. The fraction of sp³-hybridized carbons (Fsp3) is 0.333. The molecule has 0 saturated carbocycles. The van der Waals surface area contributed by atoms with Crippen LogP contribution in [0.15, 0.2) is 48.5 Å². The predicted octanol–water partition coefficient (Wildman–Crippen LogP) is 4.02. The lowest BCUT2D eigenvalue weighted by atomic mass is 9.82. The van der Waals surface area contributed by atoms with Crippen molar-refractivity contribution in [2.45, 2.75) is 38.2 Å². The van der Waals surface area contributed by atoms with Crippen LogP contribution in [-0.4, -0.2) is 34.0 Å². The standard InChI is InChI=1S/C21H21N3O7/c1-21(2,3)31-20(26)23-17-7-5-4-6-15(17)18(19(23)25)16(12-22(27)28)13-8-10-14(11-9-13)24(29)30/h4-11,16,18H,12H2,1-3H3/t16-,18-/m1/s1. The van der Waals surface area contributed by atoms with Crippen LogP contribution in [0.3, 0.4) is 0 Å². The van der Waals surface area contributed by atoms with E-state index in [1.54, 1.807) is 45.0 Å². The molecule has 0 N–H and O–H groups in total. The van der Waals surface area contributed by atoms with Gasteiger partial charge in [0.25, 0.3) is 5.69 Å². The van der Waals surface area contributed by atoms with E-state index in [9.17, 15) is 29.8 Å². The summed E-state index contributed by atoms with van der Waals surface area (Å²) in [5.74, 6) is -2.59. The Morgan fingerprint density at radius 1 is 1.10 bits per heavy atom. The van der Waals surface area contributed by atoms with Crippen LogP contribution in [0.25, 0.3) is 0 Å². The first kappa shape index (κ1) is 21.9. The number of nitro benzene ring substituents is 1. The fourth-order valence-corrected chi connectivity index (χ4v) is 3.64. The molecule has 1 heterocycles. The number of carbonyl (C=O) groups excluding carboxylic acids is 2. The summed E-state index contributed by atoms with van der Waals surface area (Å²) in [6.07, 6.45) is -0.865. The van der Waals surface area contributed by atoms with Crippen molar-refractivity contribution < 1.29 is 24.2 Å². The van der Waals surface area contributed by atoms with E-state index in [2.05, 4.69) is 0 Å². The van der Waals surface area contributed by atoms with E-state index < -0.39 is 45.8 Å². The van der Waals surface area contributed by atoms with E-state index in [0.29, 0.717) is 16.8 Å². The van der Waals surface area contributed by atoms with Gasteiger partial charge in [-0.2, -0.15) is 0 Å². The van der Waals surface area contributed by atoms with Gasteiger partial charge in [0.2, 0.25) is 12.5 Å². The molecule has 1 aliphatic rings. The Hall–Kier alpha value is -3.82. The highest BCUT2D eigenvalue weighted by Crippen LogP contribution is 2.45. The minimum Gasteiger partial charge on any atom is -0.443 e. The maximum Gasteiger partial charge on any atom is 0.421 e. The maximum atomic E-state index is 13.4. The molecule has 0 aromatic heterocycles. The lowest BCUT2D eigenvalue weighted by Crippen LogP contribution is -2.40. The number of hydrogen-bond acceptors (Lipinski definition) is 7. The molecule has 2 aromatic carbocycles. The van der Waals surface area contributed by atoms with E-state index >= 15 is 0 Å². The van der Waals surface area contributed by atoms with Crippen molar-refractivity contribution in [2.75, 3.05) is 11.4 Å². The molecule has 0 radical (unpaired) electrons. The highest BCUT2D eigenvalue weighted by atomic mass is 16.6. The van der Waals surface area contributed by atoms with Crippen molar-refractivity contribution in [3.8, 4) is 0 Å². The van der Waals surface area contributed by atoms with Crippen LogP contribution in [0, 0.1) is 20.2 Å². The van der Waals surface area contributed by atoms with Gasteiger partial charge < -0.3 is 4.74 Å². The Bertz CT molecular complexity index is 1040. The number of rotatable bonds is 5. The topological polar surface area (TPSA) is 133 Å². The number of nitro groups is 2. The molecule has 2 atom stereocenters. The molecule has 10 heteroatoms. The van der Waals surface area contributed by atoms with Crippen molar-refractivity contribution in [1.82, 2.24) is 0 Å². The van der Waals surface area contributed by atoms with Gasteiger partial charge in [-0.15, -0.1) is 0 Å². The quantitative estimate of drug-likeness (QED) is 0.520. The van der Waals surface area contributed by atoms with E-state index in [1.807, 2.05) is 0 Å². The van der Waals surface area contributed by atoms with Crippen molar-refractivity contribution in [3.05, 3.63) is 79.9 Å². The van der Waals surface area contributed by atoms with Crippen molar-refractivity contribution >= 4 is 23.4 Å². The number of anilines is 1. The minimum atomic E-state index is -1.02. The van der Waals surface area contributed by atoms with Crippen LogP contribution in [-0.2, 0) is 9.53 Å². The molecule has 0 fully saturated rings. The zero-order valence-corrected chi connectivity index (χ0v) is 17.2. The molecule has 0 aliphatic carbocycles. The number of fused-ring (bicyclic) bond motifs is 1. The average Bonchev–Trinajstić information content (AvgIpc) is 2.96. The van der Waals surface area contributed by atoms with Gasteiger partial charge in [-0.25, -0.2) is 9.69 Å². The SMILES string of the molecule is CC(C)(C)OC(=O)N1C(=O)[C@@H]([C@H](C[N+](=O)[O-])c2ccc([N+](=O)[O-])cc2)c2ccccc21. The van der Waals surface area contributed by atoms with Crippen LogP contribution >= 0.6 is 0 Å². The average molecular weight is 427 g/mol. The summed E-state index contributed by atoms with van der Waals surface area (Å²) >= 11 is 0. The Balaban J connectivity index is 2.07.